The molecule has 0 heterocycles. The van der Waals surface area contributed by atoms with Crippen LogP contribution in [0.25, 0.3) is 0 Å². The molecule has 0 bridgehead atoms. The predicted octanol–water partition coefficient (Wildman–Crippen LogP) is 4.62. The zero-order chi connectivity index (χ0) is 12.8. The van der Waals surface area contributed by atoms with E-state index in [0.717, 1.165) is 23.8 Å². The first-order chi connectivity index (χ1) is 7.99. The maximum atomic E-state index is 3.86. The lowest BCUT2D eigenvalue weighted by molar-refractivity contribution is 0.212. The normalized spacial score (nSPS) is 31.8. The average molecular weight is 239 g/mol. The van der Waals surface area contributed by atoms with Crippen molar-refractivity contribution in [3.8, 4) is 0 Å². The summed E-state index contributed by atoms with van der Waals surface area (Å²) in [4.78, 5) is 0. The predicted molar refractivity (Wildman–Crippen MR) is 77.3 cm³/mol. The SMILES string of the molecule is CC(C)CCCC(C)NC1CCC(C)CC1C. The van der Waals surface area contributed by atoms with Gasteiger partial charge in [-0.25, -0.2) is 0 Å². The summed E-state index contributed by atoms with van der Waals surface area (Å²) < 4.78 is 0. The van der Waals surface area contributed by atoms with Crippen LogP contribution in [0.5, 0.6) is 0 Å². The van der Waals surface area contributed by atoms with E-state index in [-0.39, 0.29) is 0 Å². The Morgan fingerprint density at radius 2 is 1.76 bits per heavy atom. The van der Waals surface area contributed by atoms with Gasteiger partial charge in [0, 0.05) is 12.1 Å². The fourth-order valence-electron chi connectivity index (χ4n) is 3.19. The second kappa shape index (κ2) is 7.41. The Bertz CT molecular complexity index is 200. The zero-order valence-electron chi connectivity index (χ0n) is 12.6. The van der Waals surface area contributed by atoms with Crippen molar-refractivity contribution in [3.05, 3.63) is 0 Å². The van der Waals surface area contributed by atoms with Gasteiger partial charge in [0.15, 0.2) is 0 Å². The van der Waals surface area contributed by atoms with Gasteiger partial charge in [0.25, 0.3) is 0 Å². The summed E-state index contributed by atoms with van der Waals surface area (Å²) >= 11 is 0. The van der Waals surface area contributed by atoms with Gasteiger partial charge in [-0.1, -0.05) is 40.5 Å². The first kappa shape index (κ1) is 15.0. The van der Waals surface area contributed by atoms with Crippen molar-refractivity contribution in [3.63, 3.8) is 0 Å². The van der Waals surface area contributed by atoms with Crippen molar-refractivity contribution in [2.45, 2.75) is 85.2 Å². The maximum Gasteiger partial charge on any atom is 0.00953 e. The van der Waals surface area contributed by atoms with Gasteiger partial charge in [0.05, 0.1) is 0 Å². The molecular formula is C16H33N. The Hall–Kier alpha value is -0.0400. The van der Waals surface area contributed by atoms with Crippen LogP contribution >= 0.6 is 0 Å². The molecule has 1 fully saturated rings. The molecule has 4 unspecified atom stereocenters. The third-order valence-electron chi connectivity index (χ3n) is 4.35. The van der Waals surface area contributed by atoms with E-state index in [1.165, 1.54) is 38.5 Å². The molecule has 4 atom stereocenters. The molecule has 0 aliphatic heterocycles. The van der Waals surface area contributed by atoms with Gasteiger partial charge in [0.1, 0.15) is 0 Å². The largest absolute Gasteiger partial charge is 0.311 e. The first-order valence-electron chi connectivity index (χ1n) is 7.75. The highest BCUT2D eigenvalue weighted by molar-refractivity contribution is 4.82. The lowest BCUT2D eigenvalue weighted by Gasteiger charge is -2.35. The van der Waals surface area contributed by atoms with Gasteiger partial charge in [-0.2, -0.15) is 0 Å². The first-order valence-corrected chi connectivity index (χ1v) is 7.75. The van der Waals surface area contributed by atoms with Crippen LogP contribution in [0.1, 0.15) is 73.1 Å². The van der Waals surface area contributed by atoms with Crippen LogP contribution in [0, 0.1) is 17.8 Å². The molecule has 17 heavy (non-hydrogen) atoms. The Morgan fingerprint density at radius 1 is 1.06 bits per heavy atom. The summed E-state index contributed by atoms with van der Waals surface area (Å²) in [7, 11) is 0. The molecule has 0 spiro atoms. The summed E-state index contributed by atoms with van der Waals surface area (Å²) in [6.45, 7) is 11.8. The van der Waals surface area contributed by atoms with E-state index in [1.807, 2.05) is 0 Å². The highest BCUT2D eigenvalue weighted by Crippen LogP contribution is 2.29. The van der Waals surface area contributed by atoms with Gasteiger partial charge < -0.3 is 5.32 Å². The second-order valence-electron chi connectivity index (χ2n) is 6.89. The zero-order valence-corrected chi connectivity index (χ0v) is 12.6. The molecule has 1 aliphatic rings. The second-order valence-corrected chi connectivity index (χ2v) is 6.89. The van der Waals surface area contributed by atoms with Gasteiger partial charge in [0.2, 0.25) is 0 Å². The third-order valence-corrected chi connectivity index (χ3v) is 4.35. The molecule has 1 saturated carbocycles. The minimum absolute atomic E-state index is 0.703. The van der Waals surface area contributed by atoms with E-state index in [2.05, 4.69) is 39.9 Å². The van der Waals surface area contributed by atoms with Crippen molar-refractivity contribution in [2.75, 3.05) is 0 Å². The van der Waals surface area contributed by atoms with Crippen LogP contribution < -0.4 is 5.32 Å². The molecule has 1 aliphatic carbocycles. The lowest BCUT2D eigenvalue weighted by atomic mass is 9.79. The number of hydrogen-bond donors (Lipinski definition) is 1. The quantitative estimate of drug-likeness (QED) is 0.713. The average Bonchev–Trinajstić information content (AvgIpc) is 2.21. The smallest absolute Gasteiger partial charge is 0.00953 e. The number of nitrogens with one attached hydrogen (secondary N) is 1. The minimum Gasteiger partial charge on any atom is -0.311 e. The van der Waals surface area contributed by atoms with E-state index >= 15 is 0 Å². The van der Waals surface area contributed by atoms with Gasteiger partial charge in [-0.15, -0.1) is 0 Å². The lowest BCUT2D eigenvalue weighted by Crippen LogP contribution is -2.43. The monoisotopic (exact) mass is 239 g/mol. The molecule has 102 valence electrons. The number of hydrogen-bond acceptors (Lipinski definition) is 1. The van der Waals surface area contributed by atoms with E-state index < -0.39 is 0 Å². The standard InChI is InChI=1S/C16H33N/c1-12(2)7-6-8-15(5)17-16-10-9-13(3)11-14(16)4/h12-17H,6-11H2,1-5H3. The van der Waals surface area contributed by atoms with Crippen molar-refractivity contribution in [1.82, 2.24) is 5.32 Å². The highest BCUT2D eigenvalue weighted by Gasteiger charge is 2.25. The van der Waals surface area contributed by atoms with Crippen molar-refractivity contribution >= 4 is 0 Å². The topological polar surface area (TPSA) is 12.0 Å². The van der Waals surface area contributed by atoms with Crippen molar-refractivity contribution < 1.29 is 0 Å². The Balaban J connectivity index is 2.19. The summed E-state index contributed by atoms with van der Waals surface area (Å²) in [5, 5.41) is 3.86. The third kappa shape index (κ3) is 5.90. The van der Waals surface area contributed by atoms with Crippen LogP contribution in [0.3, 0.4) is 0 Å². The molecule has 1 heteroatoms. The molecule has 1 nitrogen and oxygen atoms in total. The molecule has 1 N–H and O–H groups in total. The van der Waals surface area contributed by atoms with Gasteiger partial charge in [-0.3, -0.25) is 0 Å². The van der Waals surface area contributed by atoms with Crippen molar-refractivity contribution in [1.29, 1.82) is 0 Å². The molecule has 0 aromatic rings. The fraction of sp³-hybridized carbons (Fsp3) is 1.00. The van der Waals surface area contributed by atoms with E-state index in [9.17, 15) is 0 Å². The molecule has 0 radical (unpaired) electrons. The Morgan fingerprint density at radius 3 is 2.35 bits per heavy atom. The molecule has 0 aromatic carbocycles. The highest BCUT2D eigenvalue weighted by atomic mass is 14.9. The molecule has 0 amide bonds. The molecule has 1 rings (SSSR count). The van der Waals surface area contributed by atoms with Crippen LogP contribution in [0.4, 0.5) is 0 Å². The fourth-order valence-corrected chi connectivity index (χ4v) is 3.19. The summed E-state index contributed by atoms with van der Waals surface area (Å²) in [5.74, 6) is 2.67. The minimum atomic E-state index is 0.703. The van der Waals surface area contributed by atoms with Crippen LogP contribution in [0.15, 0.2) is 0 Å². The maximum absolute atomic E-state index is 3.86. The number of rotatable bonds is 6. The molecular weight excluding hydrogens is 206 g/mol. The summed E-state index contributed by atoms with van der Waals surface area (Å²) in [6, 6.07) is 1.48. The van der Waals surface area contributed by atoms with E-state index in [1.54, 1.807) is 0 Å². The Labute approximate surface area is 109 Å². The summed E-state index contributed by atoms with van der Waals surface area (Å²) in [5.41, 5.74) is 0. The van der Waals surface area contributed by atoms with Crippen LogP contribution in [-0.4, -0.2) is 12.1 Å². The molecule has 0 aromatic heterocycles. The van der Waals surface area contributed by atoms with E-state index in [4.69, 9.17) is 0 Å². The Kier molecular flexibility index (Phi) is 6.54. The van der Waals surface area contributed by atoms with Gasteiger partial charge >= 0.3 is 0 Å². The summed E-state index contributed by atoms with van der Waals surface area (Å²) in [6.07, 6.45) is 8.32. The van der Waals surface area contributed by atoms with E-state index in [0.29, 0.717) is 6.04 Å². The van der Waals surface area contributed by atoms with Crippen molar-refractivity contribution in [2.24, 2.45) is 17.8 Å². The van der Waals surface area contributed by atoms with Crippen LogP contribution in [0.2, 0.25) is 0 Å². The van der Waals surface area contributed by atoms with Crippen LogP contribution in [-0.2, 0) is 0 Å². The van der Waals surface area contributed by atoms with Gasteiger partial charge in [-0.05, 0) is 50.4 Å². The molecule has 0 saturated heterocycles.